The van der Waals surface area contributed by atoms with E-state index in [-0.39, 0.29) is 18.6 Å². The highest BCUT2D eigenvalue weighted by molar-refractivity contribution is 5.67. The molecule has 0 atom stereocenters. The topological polar surface area (TPSA) is 130 Å². The lowest BCUT2D eigenvalue weighted by Crippen LogP contribution is -2.39. The van der Waals surface area contributed by atoms with Gasteiger partial charge in [-0.3, -0.25) is 4.79 Å². The number of oxazole rings is 1. The molecule has 2 fully saturated rings. The van der Waals surface area contributed by atoms with E-state index < -0.39 is 5.97 Å². The number of aromatic amines is 1. The molecule has 0 unspecified atom stereocenters. The van der Waals surface area contributed by atoms with E-state index in [0.717, 1.165) is 63.0 Å². The van der Waals surface area contributed by atoms with Gasteiger partial charge in [-0.2, -0.15) is 0 Å². The average Bonchev–Trinajstić information content (AvgIpc) is 3.53. The molecule has 33 heavy (non-hydrogen) atoms. The number of piperidine rings is 1. The van der Waals surface area contributed by atoms with Gasteiger partial charge in [0.05, 0.1) is 12.2 Å². The summed E-state index contributed by atoms with van der Waals surface area (Å²) in [5.74, 6) is 1.76. The number of pyridine rings is 1. The number of aromatic nitrogens is 5. The summed E-state index contributed by atoms with van der Waals surface area (Å²) in [7, 11) is 0. The van der Waals surface area contributed by atoms with E-state index in [4.69, 9.17) is 14.3 Å². The minimum atomic E-state index is -0.689. The number of rotatable bonds is 7. The fourth-order valence-corrected chi connectivity index (χ4v) is 4.76. The van der Waals surface area contributed by atoms with Crippen molar-refractivity contribution in [2.24, 2.45) is 5.92 Å². The quantitative estimate of drug-likeness (QED) is 0.552. The predicted octanol–water partition coefficient (Wildman–Crippen LogP) is 3.54. The van der Waals surface area contributed by atoms with Crippen molar-refractivity contribution in [3.05, 3.63) is 31.0 Å². The number of hydrogen-bond acceptors (Lipinski definition) is 8. The second kappa shape index (κ2) is 9.70. The minimum Gasteiger partial charge on any atom is -0.481 e. The van der Waals surface area contributed by atoms with E-state index in [1.54, 1.807) is 6.20 Å². The molecule has 10 nitrogen and oxygen atoms in total. The summed E-state index contributed by atoms with van der Waals surface area (Å²) >= 11 is 0. The summed E-state index contributed by atoms with van der Waals surface area (Å²) in [6.07, 6.45) is 11.3. The fraction of sp³-hybridized carbons (Fsp3) is 0.522. The third-order valence-corrected chi connectivity index (χ3v) is 6.59. The number of carboxylic acid groups (broad SMARTS) is 1. The van der Waals surface area contributed by atoms with Crippen molar-refractivity contribution in [1.29, 1.82) is 0 Å². The third-order valence-electron chi connectivity index (χ3n) is 6.59. The molecule has 0 amide bonds. The van der Waals surface area contributed by atoms with E-state index in [1.165, 1.54) is 12.7 Å². The zero-order valence-electron chi connectivity index (χ0n) is 18.4. The van der Waals surface area contributed by atoms with Gasteiger partial charge in [-0.1, -0.05) is 0 Å². The molecule has 5 rings (SSSR count). The summed E-state index contributed by atoms with van der Waals surface area (Å²) in [6, 6.07) is 4.01. The van der Waals surface area contributed by atoms with Gasteiger partial charge in [0.1, 0.15) is 17.8 Å². The number of H-pyrrole nitrogens is 1. The van der Waals surface area contributed by atoms with Gasteiger partial charge in [0.25, 0.3) is 0 Å². The van der Waals surface area contributed by atoms with Crippen molar-refractivity contribution in [1.82, 2.24) is 25.1 Å². The van der Waals surface area contributed by atoms with Crippen LogP contribution < -0.4 is 4.90 Å². The standard InChI is InChI=1S/C23H28N6O4/c30-21(31)11-15-1-4-17(5-2-15)33-18-7-9-29(10-8-18)20-6-3-16(12-24-20)22-26-23(28-27-22)19-13-32-14-25-19/h3,6,12-15,17-18H,1-2,4-5,7-11H2,(H,30,31)(H,26,27,28)/t15-,17-. The van der Waals surface area contributed by atoms with Crippen LogP contribution in [-0.2, 0) is 9.53 Å². The molecule has 10 heteroatoms. The van der Waals surface area contributed by atoms with E-state index in [1.807, 2.05) is 12.1 Å². The van der Waals surface area contributed by atoms with Crippen molar-refractivity contribution in [3.63, 3.8) is 0 Å². The number of anilines is 1. The minimum absolute atomic E-state index is 0.269. The number of nitrogens with zero attached hydrogens (tertiary/aromatic N) is 5. The van der Waals surface area contributed by atoms with Crippen molar-refractivity contribution in [2.75, 3.05) is 18.0 Å². The van der Waals surface area contributed by atoms with Gasteiger partial charge in [0.2, 0.25) is 0 Å². The first-order valence-electron chi connectivity index (χ1n) is 11.5. The van der Waals surface area contributed by atoms with Crippen LogP contribution in [0.25, 0.3) is 22.9 Å². The predicted molar refractivity (Wildman–Crippen MR) is 119 cm³/mol. The Labute approximate surface area is 191 Å². The lowest BCUT2D eigenvalue weighted by atomic mass is 9.85. The third kappa shape index (κ3) is 5.22. The van der Waals surface area contributed by atoms with Gasteiger partial charge >= 0.3 is 5.97 Å². The molecule has 174 valence electrons. The van der Waals surface area contributed by atoms with Crippen molar-refractivity contribution >= 4 is 11.8 Å². The lowest BCUT2D eigenvalue weighted by Gasteiger charge is -2.36. The summed E-state index contributed by atoms with van der Waals surface area (Å²) in [6.45, 7) is 1.81. The Bertz CT molecular complexity index is 1040. The van der Waals surface area contributed by atoms with Gasteiger partial charge in [0, 0.05) is 31.3 Å². The molecule has 1 aliphatic carbocycles. The number of aliphatic carboxylic acids is 1. The smallest absolute Gasteiger partial charge is 0.303 e. The van der Waals surface area contributed by atoms with Crippen LogP contribution in [0.4, 0.5) is 5.82 Å². The number of hydrogen-bond donors (Lipinski definition) is 2. The summed E-state index contributed by atoms with van der Waals surface area (Å²) in [5.41, 5.74) is 1.47. The second-order valence-corrected chi connectivity index (χ2v) is 8.86. The van der Waals surface area contributed by atoms with E-state index >= 15 is 0 Å². The molecular formula is C23H28N6O4. The zero-order valence-corrected chi connectivity index (χ0v) is 18.4. The molecule has 0 bridgehead atoms. The first-order valence-corrected chi connectivity index (χ1v) is 11.5. The number of carbonyl (C=O) groups is 1. The molecule has 1 saturated carbocycles. The highest BCUT2D eigenvalue weighted by atomic mass is 16.5. The van der Waals surface area contributed by atoms with Crippen LogP contribution in [0.3, 0.4) is 0 Å². The Morgan fingerprint density at radius 2 is 1.82 bits per heavy atom. The van der Waals surface area contributed by atoms with Gasteiger partial charge in [-0.25, -0.2) is 9.97 Å². The Balaban J connectivity index is 1.10. The number of nitrogens with one attached hydrogen (secondary N) is 1. The Kier molecular flexibility index (Phi) is 6.34. The van der Waals surface area contributed by atoms with E-state index in [0.29, 0.717) is 23.3 Å². The van der Waals surface area contributed by atoms with Crippen LogP contribution in [0.2, 0.25) is 0 Å². The first kappa shape index (κ1) is 21.6. The zero-order chi connectivity index (χ0) is 22.6. The number of carboxylic acids is 1. The van der Waals surface area contributed by atoms with Crippen molar-refractivity contribution in [2.45, 2.75) is 57.2 Å². The molecule has 1 aliphatic heterocycles. The Morgan fingerprint density at radius 3 is 2.48 bits per heavy atom. The van der Waals surface area contributed by atoms with Crippen molar-refractivity contribution < 1.29 is 19.1 Å². The fourth-order valence-electron chi connectivity index (χ4n) is 4.76. The molecule has 2 aliphatic rings. The summed E-state index contributed by atoms with van der Waals surface area (Å²) < 4.78 is 11.3. The normalized spacial score (nSPS) is 21.9. The van der Waals surface area contributed by atoms with Crippen molar-refractivity contribution in [3.8, 4) is 22.9 Å². The molecule has 0 aromatic carbocycles. The monoisotopic (exact) mass is 452 g/mol. The highest BCUT2D eigenvalue weighted by Gasteiger charge is 2.28. The Morgan fingerprint density at radius 1 is 1.06 bits per heavy atom. The van der Waals surface area contributed by atoms with Crippen LogP contribution in [0.5, 0.6) is 0 Å². The molecule has 1 saturated heterocycles. The molecule has 3 aromatic heterocycles. The van der Waals surface area contributed by atoms with Crippen LogP contribution in [-0.4, -0.2) is 61.5 Å². The maximum atomic E-state index is 10.9. The SMILES string of the molecule is O=C(O)C[C@H]1CC[C@H](OC2CCN(c3ccc(-c4nnc(-c5cocn5)[nH]4)cn3)CC2)CC1. The summed E-state index contributed by atoms with van der Waals surface area (Å²) in [5, 5.41) is 17.3. The largest absolute Gasteiger partial charge is 0.481 e. The van der Waals surface area contributed by atoms with Gasteiger partial charge in [-0.05, 0) is 56.6 Å². The Hall–Kier alpha value is -3.27. The molecule has 3 aromatic rings. The molecule has 2 N–H and O–H groups in total. The average molecular weight is 453 g/mol. The van der Waals surface area contributed by atoms with Crippen LogP contribution >= 0.6 is 0 Å². The van der Waals surface area contributed by atoms with Gasteiger partial charge in [-0.15, -0.1) is 10.2 Å². The lowest BCUT2D eigenvalue weighted by molar-refractivity contribution is -0.138. The number of ether oxygens (including phenoxy) is 1. The van der Waals surface area contributed by atoms with Crippen LogP contribution in [0, 0.1) is 5.92 Å². The highest BCUT2D eigenvalue weighted by Crippen LogP contribution is 2.31. The molecule has 0 radical (unpaired) electrons. The van der Waals surface area contributed by atoms with E-state index in [9.17, 15) is 4.79 Å². The molecule has 4 heterocycles. The second-order valence-electron chi connectivity index (χ2n) is 8.86. The van der Waals surface area contributed by atoms with Crippen LogP contribution in [0.1, 0.15) is 44.9 Å². The van der Waals surface area contributed by atoms with Crippen LogP contribution in [0.15, 0.2) is 35.4 Å². The molecular weight excluding hydrogens is 424 g/mol. The van der Waals surface area contributed by atoms with Gasteiger partial charge in [0.15, 0.2) is 18.0 Å². The maximum absolute atomic E-state index is 10.9. The van der Waals surface area contributed by atoms with Gasteiger partial charge < -0.3 is 24.1 Å². The summed E-state index contributed by atoms with van der Waals surface area (Å²) in [4.78, 5) is 25.0. The maximum Gasteiger partial charge on any atom is 0.303 e. The van der Waals surface area contributed by atoms with E-state index in [2.05, 4.69) is 30.0 Å². The molecule has 0 spiro atoms. The first-order chi connectivity index (χ1) is 16.1.